The van der Waals surface area contributed by atoms with E-state index in [1.807, 2.05) is 0 Å². The molecule has 2 heterocycles. The van der Waals surface area contributed by atoms with Crippen LogP contribution in [0.3, 0.4) is 0 Å². The largest absolute Gasteiger partial charge is 0.322 e. The number of halogens is 4. The van der Waals surface area contributed by atoms with E-state index in [9.17, 15) is 4.79 Å². The fourth-order valence-corrected chi connectivity index (χ4v) is 2.84. The third-order valence-electron chi connectivity index (χ3n) is 2.82. The molecule has 0 aliphatic carbocycles. The number of nitrogens with zero attached hydrogens (tertiary/aromatic N) is 2. The predicted molar refractivity (Wildman–Crippen MR) is 89.0 cm³/mol. The van der Waals surface area contributed by atoms with E-state index in [0.717, 1.165) is 0 Å². The Balaban J connectivity index is 2.11. The lowest BCUT2D eigenvalue weighted by Crippen LogP contribution is -2.10. The first-order chi connectivity index (χ1) is 10.4. The van der Waals surface area contributed by atoms with Gasteiger partial charge in [-0.2, -0.15) is 0 Å². The molecule has 6 nitrogen and oxygen atoms in total. The number of aromatic amines is 2. The molecule has 22 heavy (non-hydrogen) atoms. The third kappa shape index (κ3) is 2.63. The van der Waals surface area contributed by atoms with Crippen LogP contribution in [0.4, 0.5) is 11.9 Å². The Kier molecular flexibility index (Phi) is 3.94. The summed E-state index contributed by atoms with van der Waals surface area (Å²) < 4.78 is 0. The average molecular weight is 379 g/mol. The molecule has 0 aliphatic heterocycles. The highest BCUT2D eigenvalue weighted by atomic mass is 35.5. The van der Waals surface area contributed by atoms with E-state index in [2.05, 4.69) is 25.3 Å². The van der Waals surface area contributed by atoms with E-state index in [1.165, 1.54) is 6.07 Å². The summed E-state index contributed by atoms with van der Waals surface area (Å²) in [7, 11) is 0. The van der Waals surface area contributed by atoms with Crippen molar-refractivity contribution in [2.24, 2.45) is 0 Å². The Morgan fingerprint density at radius 2 is 1.59 bits per heavy atom. The Labute approximate surface area is 143 Å². The summed E-state index contributed by atoms with van der Waals surface area (Å²) in [5.41, 5.74) is 1.06. The number of imidazole rings is 1. The molecule has 1 aromatic carbocycles. The number of hydrogen-bond acceptors (Lipinski definition) is 4. The van der Waals surface area contributed by atoms with Gasteiger partial charge in [0, 0.05) is 11.8 Å². The van der Waals surface area contributed by atoms with Gasteiger partial charge >= 0.3 is 0 Å². The Hall–Kier alpha value is -1.47. The van der Waals surface area contributed by atoms with Crippen LogP contribution >= 0.6 is 46.4 Å². The number of benzene rings is 1. The van der Waals surface area contributed by atoms with Crippen LogP contribution in [0.1, 0.15) is 5.69 Å². The van der Waals surface area contributed by atoms with E-state index >= 15 is 0 Å². The number of aryl methyl sites for hydroxylation is 1. The van der Waals surface area contributed by atoms with Gasteiger partial charge in [-0.25, -0.2) is 9.97 Å². The van der Waals surface area contributed by atoms with Gasteiger partial charge in [0.25, 0.3) is 5.56 Å². The van der Waals surface area contributed by atoms with Gasteiger partial charge < -0.3 is 4.98 Å². The summed E-state index contributed by atoms with van der Waals surface area (Å²) in [6.45, 7) is 1.70. The third-order valence-corrected chi connectivity index (χ3v) is 4.61. The SMILES string of the molecule is Cc1cc(=O)[nH]c(Nc2nc3c(Cl)c(Cl)c(Cl)c(Cl)c3[nH]2)n1. The van der Waals surface area contributed by atoms with Crippen LogP contribution in [0.2, 0.25) is 20.1 Å². The monoisotopic (exact) mass is 377 g/mol. The maximum absolute atomic E-state index is 11.4. The summed E-state index contributed by atoms with van der Waals surface area (Å²) in [6, 6.07) is 1.37. The lowest BCUT2D eigenvalue weighted by atomic mass is 10.3. The second kappa shape index (κ2) is 5.62. The van der Waals surface area contributed by atoms with E-state index < -0.39 is 0 Å². The maximum atomic E-state index is 11.4. The maximum Gasteiger partial charge on any atom is 0.252 e. The van der Waals surface area contributed by atoms with Crippen molar-refractivity contribution in [3.8, 4) is 0 Å². The average Bonchev–Trinajstić information content (AvgIpc) is 2.85. The van der Waals surface area contributed by atoms with Crippen molar-refractivity contribution in [3.05, 3.63) is 42.2 Å². The summed E-state index contributed by atoms with van der Waals surface area (Å²) in [5, 5.41) is 3.48. The number of nitrogens with one attached hydrogen (secondary N) is 3. The van der Waals surface area contributed by atoms with Gasteiger partial charge in [0.1, 0.15) is 5.52 Å². The van der Waals surface area contributed by atoms with Crippen LogP contribution in [0, 0.1) is 6.92 Å². The highest BCUT2D eigenvalue weighted by Gasteiger charge is 2.18. The van der Waals surface area contributed by atoms with Crippen molar-refractivity contribution in [3.63, 3.8) is 0 Å². The molecular weight excluding hydrogens is 372 g/mol. The minimum absolute atomic E-state index is 0.126. The van der Waals surface area contributed by atoms with Crippen LogP contribution in [0.15, 0.2) is 10.9 Å². The zero-order chi connectivity index (χ0) is 16.0. The van der Waals surface area contributed by atoms with E-state index in [0.29, 0.717) is 16.7 Å². The van der Waals surface area contributed by atoms with Crippen molar-refractivity contribution in [2.75, 3.05) is 5.32 Å². The quantitative estimate of drug-likeness (QED) is 0.458. The smallest absolute Gasteiger partial charge is 0.252 e. The molecule has 0 aliphatic rings. The highest BCUT2D eigenvalue weighted by molar-refractivity contribution is 6.55. The molecule has 0 saturated carbocycles. The fourth-order valence-electron chi connectivity index (χ4n) is 1.91. The molecule has 0 bridgehead atoms. The summed E-state index contributed by atoms with van der Waals surface area (Å²) >= 11 is 24.2. The van der Waals surface area contributed by atoms with Crippen molar-refractivity contribution < 1.29 is 0 Å². The van der Waals surface area contributed by atoms with E-state index in [-0.39, 0.29) is 37.5 Å². The molecule has 2 aromatic heterocycles. The van der Waals surface area contributed by atoms with Crippen LogP contribution < -0.4 is 10.9 Å². The predicted octanol–water partition coefficient (Wildman–Crippen LogP) is 4.31. The Bertz CT molecular complexity index is 904. The van der Waals surface area contributed by atoms with Crippen molar-refractivity contribution in [1.82, 2.24) is 19.9 Å². The first kappa shape index (κ1) is 15.4. The fraction of sp³-hybridized carbons (Fsp3) is 0.0833. The molecule has 10 heteroatoms. The zero-order valence-corrected chi connectivity index (χ0v) is 13.9. The number of aromatic nitrogens is 4. The molecule has 0 fully saturated rings. The molecule has 3 rings (SSSR count). The lowest BCUT2D eigenvalue weighted by Gasteiger charge is -2.02. The Morgan fingerprint density at radius 3 is 2.27 bits per heavy atom. The molecule has 114 valence electrons. The highest BCUT2D eigenvalue weighted by Crippen LogP contribution is 2.42. The molecule has 0 radical (unpaired) electrons. The zero-order valence-electron chi connectivity index (χ0n) is 10.9. The molecule has 3 N–H and O–H groups in total. The number of rotatable bonds is 2. The van der Waals surface area contributed by atoms with Crippen molar-refractivity contribution >= 4 is 69.3 Å². The van der Waals surface area contributed by atoms with E-state index in [1.54, 1.807) is 6.92 Å². The van der Waals surface area contributed by atoms with Gasteiger partial charge in [0.05, 0.1) is 25.6 Å². The van der Waals surface area contributed by atoms with E-state index in [4.69, 9.17) is 46.4 Å². The van der Waals surface area contributed by atoms with Crippen LogP contribution in [0.25, 0.3) is 11.0 Å². The molecular formula is C12H7Cl4N5O. The molecule has 0 amide bonds. The standard InChI is InChI=1S/C12H7Cl4N5O/c1-3-2-4(22)18-11(17-3)21-12-19-9-7(15)5(13)6(14)8(16)10(9)20-12/h2H,1H3,(H3,17,18,19,20,21,22). The van der Waals surface area contributed by atoms with Gasteiger partial charge in [-0.3, -0.25) is 15.1 Å². The Morgan fingerprint density at radius 1 is 0.955 bits per heavy atom. The number of anilines is 2. The number of fused-ring (bicyclic) bond motifs is 1. The van der Waals surface area contributed by atoms with Gasteiger partial charge in [-0.1, -0.05) is 46.4 Å². The summed E-state index contributed by atoms with van der Waals surface area (Å²) in [5.74, 6) is 0.513. The minimum atomic E-state index is -0.284. The first-order valence-electron chi connectivity index (χ1n) is 5.93. The van der Waals surface area contributed by atoms with Crippen LogP contribution in [-0.2, 0) is 0 Å². The topological polar surface area (TPSA) is 86.5 Å². The molecule has 0 atom stereocenters. The number of hydrogen-bond donors (Lipinski definition) is 3. The summed E-state index contributed by atoms with van der Waals surface area (Å²) in [4.78, 5) is 25.3. The second-order valence-corrected chi connectivity index (χ2v) is 5.94. The van der Waals surface area contributed by atoms with Gasteiger partial charge in [-0.05, 0) is 6.92 Å². The van der Waals surface area contributed by atoms with Crippen molar-refractivity contribution in [1.29, 1.82) is 0 Å². The molecule has 0 unspecified atom stereocenters. The lowest BCUT2D eigenvalue weighted by molar-refractivity contribution is 1.06. The molecule has 0 saturated heterocycles. The molecule has 3 aromatic rings. The van der Waals surface area contributed by atoms with Crippen molar-refractivity contribution in [2.45, 2.75) is 6.92 Å². The van der Waals surface area contributed by atoms with Gasteiger partial charge in [0.2, 0.25) is 11.9 Å². The van der Waals surface area contributed by atoms with Crippen LogP contribution in [0.5, 0.6) is 0 Å². The van der Waals surface area contributed by atoms with Gasteiger partial charge in [-0.15, -0.1) is 0 Å². The summed E-state index contributed by atoms with van der Waals surface area (Å²) in [6.07, 6.45) is 0. The minimum Gasteiger partial charge on any atom is -0.322 e. The molecule has 0 spiro atoms. The number of H-pyrrole nitrogens is 2. The van der Waals surface area contributed by atoms with Crippen LogP contribution in [-0.4, -0.2) is 19.9 Å². The van der Waals surface area contributed by atoms with Gasteiger partial charge in [0.15, 0.2) is 0 Å². The second-order valence-electron chi connectivity index (χ2n) is 4.43. The first-order valence-corrected chi connectivity index (χ1v) is 7.44. The normalized spacial score (nSPS) is 11.1.